The molecule has 2 aliphatic carbocycles. The normalized spacial score (nSPS) is 44.1. The second kappa shape index (κ2) is 4.87. The van der Waals surface area contributed by atoms with Gasteiger partial charge in [0.2, 0.25) is 0 Å². The summed E-state index contributed by atoms with van der Waals surface area (Å²) >= 11 is 2.10. The Morgan fingerprint density at radius 1 is 1.25 bits per heavy atom. The van der Waals surface area contributed by atoms with E-state index in [1.165, 1.54) is 50.0 Å². The Morgan fingerprint density at radius 3 is 2.75 bits per heavy atom. The zero-order chi connectivity index (χ0) is 11.0. The van der Waals surface area contributed by atoms with E-state index in [1.807, 2.05) is 0 Å². The third-order valence-electron chi connectivity index (χ3n) is 5.19. The molecule has 16 heavy (non-hydrogen) atoms. The van der Waals surface area contributed by atoms with Crippen molar-refractivity contribution in [3.05, 3.63) is 0 Å². The van der Waals surface area contributed by atoms with Gasteiger partial charge < -0.3 is 0 Å². The largest absolute Gasteiger partial charge is 0.271 e. The van der Waals surface area contributed by atoms with E-state index in [0.717, 1.165) is 23.7 Å². The lowest BCUT2D eigenvalue weighted by molar-refractivity contribution is 0.246. The van der Waals surface area contributed by atoms with Gasteiger partial charge in [0.15, 0.2) is 0 Å². The number of thioether (sulfide) groups is 1. The Morgan fingerprint density at radius 2 is 2.19 bits per heavy atom. The number of hydrogen-bond donors (Lipinski definition) is 2. The molecule has 0 radical (unpaired) electrons. The zero-order valence-electron chi connectivity index (χ0n) is 10.0. The number of nitrogens with one attached hydrogen (secondary N) is 1. The van der Waals surface area contributed by atoms with Gasteiger partial charge in [0.05, 0.1) is 0 Å². The monoisotopic (exact) mass is 240 g/mol. The first-order valence-corrected chi connectivity index (χ1v) is 8.06. The van der Waals surface area contributed by atoms with Crippen molar-refractivity contribution >= 4 is 11.8 Å². The van der Waals surface area contributed by atoms with E-state index in [-0.39, 0.29) is 0 Å². The molecule has 3 N–H and O–H groups in total. The van der Waals surface area contributed by atoms with Crippen molar-refractivity contribution in [1.82, 2.24) is 5.43 Å². The molecule has 0 amide bonds. The van der Waals surface area contributed by atoms with Gasteiger partial charge in [-0.25, -0.2) is 0 Å². The summed E-state index contributed by atoms with van der Waals surface area (Å²) in [6.07, 6.45) is 8.78. The van der Waals surface area contributed by atoms with Crippen LogP contribution < -0.4 is 11.3 Å². The number of fused-ring (bicyclic) bond motifs is 2. The first kappa shape index (κ1) is 11.4. The zero-order valence-corrected chi connectivity index (χ0v) is 10.8. The SMILES string of the molecule is NNC(CC1CC2CCC1C2)C1CCSC1. The third-order valence-corrected chi connectivity index (χ3v) is 6.38. The smallest absolute Gasteiger partial charge is 0.0249 e. The van der Waals surface area contributed by atoms with Crippen LogP contribution in [0.2, 0.25) is 0 Å². The van der Waals surface area contributed by atoms with E-state index >= 15 is 0 Å². The van der Waals surface area contributed by atoms with E-state index < -0.39 is 0 Å². The number of hydrazine groups is 1. The molecular formula is C13H24N2S. The van der Waals surface area contributed by atoms with Gasteiger partial charge in [-0.15, -0.1) is 0 Å². The highest BCUT2D eigenvalue weighted by atomic mass is 32.2. The van der Waals surface area contributed by atoms with Crippen LogP contribution in [0.25, 0.3) is 0 Å². The summed E-state index contributed by atoms with van der Waals surface area (Å²) in [5, 5.41) is 0. The molecule has 0 spiro atoms. The molecule has 0 aromatic rings. The van der Waals surface area contributed by atoms with Crippen molar-refractivity contribution < 1.29 is 0 Å². The van der Waals surface area contributed by atoms with Crippen molar-refractivity contribution in [2.75, 3.05) is 11.5 Å². The van der Waals surface area contributed by atoms with Crippen molar-refractivity contribution in [3.63, 3.8) is 0 Å². The van der Waals surface area contributed by atoms with Gasteiger partial charge >= 0.3 is 0 Å². The van der Waals surface area contributed by atoms with Gasteiger partial charge in [0, 0.05) is 6.04 Å². The van der Waals surface area contributed by atoms with E-state index in [4.69, 9.17) is 5.84 Å². The highest BCUT2D eigenvalue weighted by Gasteiger charge is 2.41. The molecule has 3 aliphatic rings. The van der Waals surface area contributed by atoms with Crippen LogP contribution in [-0.2, 0) is 0 Å². The summed E-state index contributed by atoms with van der Waals surface area (Å²) in [5.41, 5.74) is 3.12. The Balaban J connectivity index is 1.55. The summed E-state index contributed by atoms with van der Waals surface area (Å²) < 4.78 is 0. The van der Waals surface area contributed by atoms with Crippen molar-refractivity contribution in [2.24, 2.45) is 29.5 Å². The van der Waals surface area contributed by atoms with E-state index in [1.54, 1.807) is 0 Å². The van der Waals surface area contributed by atoms with Gasteiger partial charge in [-0.3, -0.25) is 11.3 Å². The lowest BCUT2D eigenvalue weighted by atomic mass is 9.81. The lowest BCUT2D eigenvalue weighted by Crippen LogP contribution is -2.42. The van der Waals surface area contributed by atoms with Crippen LogP contribution in [0.1, 0.15) is 38.5 Å². The summed E-state index contributed by atoms with van der Waals surface area (Å²) in [7, 11) is 0. The predicted octanol–water partition coefficient (Wildman–Crippen LogP) is 2.40. The fraction of sp³-hybridized carbons (Fsp3) is 1.00. The first-order valence-electron chi connectivity index (χ1n) is 6.90. The molecule has 1 heterocycles. The predicted molar refractivity (Wildman–Crippen MR) is 70.1 cm³/mol. The standard InChI is InChI=1S/C13H24N2S/c14-15-13(11-3-4-16-8-11)7-12-6-9-1-2-10(12)5-9/h9-13,15H,1-8,14H2. The fourth-order valence-electron chi connectivity index (χ4n) is 4.26. The molecular weight excluding hydrogens is 216 g/mol. The molecule has 5 unspecified atom stereocenters. The molecule has 1 saturated heterocycles. The van der Waals surface area contributed by atoms with Gasteiger partial charge in [-0.05, 0) is 67.3 Å². The third kappa shape index (κ3) is 2.14. The van der Waals surface area contributed by atoms with Crippen LogP contribution in [0.15, 0.2) is 0 Å². The second-order valence-corrected chi connectivity index (χ2v) is 7.22. The quantitative estimate of drug-likeness (QED) is 0.585. The number of nitrogens with two attached hydrogens (primary N) is 1. The summed E-state index contributed by atoms with van der Waals surface area (Å²) in [6, 6.07) is 0.597. The van der Waals surface area contributed by atoms with Crippen LogP contribution in [0, 0.1) is 23.7 Å². The van der Waals surface area contributed by atoms with Crippen molar-refractivity contribution in [1.29, 1.82) is 0 Å². The number of rotatable bonds is 4. The Kier molecular flexibility index (Phi) is 3.46. The molecule has 3 fully saturated rings. The molecule has 2 bridgehead atoms. The molecule has 2 nitrogen and oxygen atoms in total. The molecule has 3 rings (SSSR count). The summed E-state index contributed by atoms with van der Waals surface area (Å²) in [5.74, 6) is 12.4. The highest BCUT2D eigenvalue weighted by molar-refractivity contribution is 7.99. The molecule has 0 aromatic carbocycles. The second-order valence-electron chi connectivity index (χ2n) is 6.07. The minimum absolute atomic E-state index is 0.597. The van der Waals surface area contributed by atoms with E-state index in [0.29, 0.717) is 6.04 Å². The lowest BCUT2D eigenvalue weighted by Gasteiger charge is -2.29. The van der Waals surface area contributed by atoms with Crippen molar-refractivity contribution in [3.8, 4) is 0 Å². The molecule has 3 heteroatoms. The Bertz CT molecular complexity index is 240. The van der Waals surface area contributed by atoms with Crippen molar-refractivity contribution in [2.45, 2.75) is 44.6 Å². The minimum atomic E-state index is 0.597. The molecule has 1 aliphatic heterocycles. The Labute approximate surface area is 103 Å². The molecule has 92 valence electrons. The molecule has 0 aromatic heterocycles. The van der Waals surface area contributed by atoms with Crippen LogP contribution in [0.3, 0.4) is 0 Å². The van der Waals surface area contributed by atoms with Gasteiger partial charge in [-0.2, -0.15) is 11.8 Å². The van der Waals surface area contributed by atoms with Crippen LogP contribution in [-0.4, -0.2) is 17.5 Å². The van der Waals surface area contributed by atoms with E-state index in [9.17, 15) is 0 Å². The Hall–Kier alpha value is 0.270. The maximum absolute atomic E-state index is 5.77. The minimum Gasteiger partial charge on any atom is -0.271 e. The maximum atomic E-state index is 5.77. The van der Waals surface area contributed by atoms with Crippen LogP contribution in [0.5, 0.6) is 0 Å². The van der Waals surface area contributed by atoms with Gasteiger partial charge in [0.1, 0.15) is 0 Å². The van der Waals surface area contributed by atoms with Gasteiger partial charge in [0.25, 0.3) is 0 Å². The average molecular weight is 240 g/mol. The average Bonchev–Trinajstić information content (AvgIpc) is 3.01. The summed E-state index contributed by atoms with van der Waals surface area (Å²) in [4.78, 5) is 0. The first-order chi connectivity index (χ1) is 7.86. The molecule has 5 atom stereocenters. The fourth-order valence-corrected chi connectivity index (χ4v) is 5.60. The van der Waals surface area contributed by atoms with Crippen LogP contribution >= 0.6 is 11.8 Å². The number of hydrogen-bond acceptors (Lipinski definition) is 3. The van der Waals surface area contributed by atoms with Crippen LogP contribution in [0.4, 0.5) is 0 Å². The topological polar surface area (TPSA) is 38.0 Å². The highest BCUT2D eigenvalue weighted by Crippen LogP contribution is 2.50. The maximum Gasteiger partial charge on any atom is 0.0249 e. The van der Waals surface area contributed by atoms with E-state index in [2.05, 4.69) is 17.2 Å². The van der Waals surface area contributed by atoms with Gasteiger partial charge in [-0.1, -0.05) is 6.42 Å². The molecule has 2 saturated carbocycles. The summed E-state index contributed by atoms with van der Waals surface area (Å²) in [6.45, 7) is 0.